The van der Waals surface area contributed by atoms with E-state index in [2.05, 4.69) is 36.4 Å². The second-order valence-electron chi connectivity index (χ2n) is 4.88. The SMILES string of the molecule is Nc1ccc(-c2cccc(C3CCC3)c2)cc1. The predicted octanol–water partition coefficient (Wildman–Crippen LogP) is 4.20. The van der Waals surface area contributed by atoms with Crippen LogP contribution in [0, 0.1) is 0 Å². The Morgan fingerprint density at radius 3 is 2.29 bits per heavy atom. The van der Waals surface area contributed by atoms with E-state index in [1.807, 2.05) is 12.1 Å². The Bertz CT molecular complexity index is 509. The molecule has 0 aromatic heterocycles. The maximum Gasteiger partial charge on any atom is 0.0314 e. The number of benzene rings is 2. The maximum absolute atomic E-state index is 5.71. The van der Waals surface area contributed by atoms with Gasteiger partial charge in [0.05, 0.1) is 0 Å². The Kier molecular flexibility index (Phi) is 2.60. The summed E-state index contributed by atoms with van der Waals surface area (Å²) in [5, 5.41) is 0. The van der Waals surface area contributed by atoms with Crippen LogP contribution in [0.4, 0.5) is 5.69 Å². The minimum absolute atomic E-state index is 0.795. The van der Waals surface area contributed by atoms with E-state index in [0.29, 0.717) is 0 Å². The van der Waals surface area contributed by atoms with Gasteiger partial charge in [-0.15, -0.1) is 0 Å². The first-order chi connectivity index (χ1) is 8.33. The summed E-state index contributed by atoms with van der Waals surface area (Å²) >= 11 is 0. The van der Waals surface area contributed by atoms with Crippen LogP contribution in [0.25, 0.3) is 11.1 Å². The van der Waals surface area contributed by atoms with E-state index in [0.717, 1.165) is 11.6 Å². The van der Waals surface area contributed by atoms with Gasteiger partial charge in [0, 0.05) is 5.69 Å². The van der Waals surface area contributed by atoms with Crippen LogP contribution in [0.5, 0.6) is 0 Å². The van der Waals surface area contributed by atoms with Crippen molar-refractivity contribution in [2.75, 3.05) is 5.73 Å². The van der Waals surface area contributed by atoms with Gasteiger partial charge in [0.2, 0.25) is 0 Å². The summed E-state index contributed by atoms with van der Waals surface area (Å²) in [5.74, 6) is 0.795. The van der Waals surface area contributed by atoms with Crippen LogP contribution in [-0.4, -0.2) is 0 Å². The second-order valence-corrected chi connectivity index (χ2v) is 4.88. The normalized spacial score (nSPS) is 15.5. The van der Waals surface area contributed by atoms with Gasteiger partial charge in [-0.3, -0.25) is 0 Å². The van der Waals surface area contributed by atoms with Gasteiger partial charge in [0.1, 0.15) is 0 Å². The van der Waals surface area contributed by atoms with E-state index >= 15 is 0 Å². The number of anilines is 1. The highest BCUT2D eigenvalue weighted by atomic mass is 14.5. The Morgan fingerprint density at radius 1 is 0.882 bits per heavy atom. The lowest BCUT2D eigenvalue weighted by Crippen LogP contribution is -2.08. The summed E-state index contributed by atoms with van der Waals surface area (Å²) in [5.41, 5.74) is 10.6. The molecule has 2 aromatic rings. The number of hydrogen-bond donors (Lipinski definition) is 1. The second kappa shape index (κ2) is 4.25. The summed E-state index contributed by atoms with van der Waals surface area (Å²) in [4.78, 5) is 0. The van der Waals surface area contributed by atoms with E-state index in [9.17, 15) is 0 Å². The lowest BCUT2D eigenvalue weighted by atomic mass is 9.79. The Morgan fingerprint density at radius 2 is 1.65 bits per heavy atom. The molecule has 1 aliphatic carbocycles. The minimum Gasteiger partial charge on any atom is -0.399 e. The molecule has 0 atom stereocenters. The molecule has 86 valence electrons. The van der Waals surface area contributed by atoms with Crippen molar-refractivity contribution < 1.29 is 0 Å². The van der Waals surface area contributed by atoms with Crippen LogP contribution in [0.2, 0.25) is 0 Å². The topological polar surface area (TPSA) is 26.0 Å². The zero-order chi connectivity index (χ0) is 11.7. The van der Waals surface area contributed by atoms with Crippen molar-refractivity contribution in [1.29, 1.82) is 0 Å². The monoisotopic (exact) mass is 223 g/mol. The highest BCUT2D eigenvalue weighted by Crippen LogP contribution is 2.37. The van der Waals surface area contributed by atoms with Crippen molar-refractivity contribution in [1.82, 2.24) is 0 Å². The fourth-order valence-corrected chi connectivity index (χ4v) is 2.39. The summed E-state index contributed by atoms with van der Waals surface area (Å²) in [6.07, 6.45) is 4.09. The third-order valence-corrected chi connectivity index (χ3v) is 3.71. The van der Waals surface area contributed by atoms with Crippen molar-refractivity contribution in [2.45, 2.75) is 25.2 Å². The van der Waals surface area contributed by atoms with Gasteiger partial charge in [-0.1, -0.05) is 42.8 Å². The third kappa shape index (κ3) is 2.05. The summed E-state index contributed by atoms with van der Waals surface area (Å²) in [7, 11) is 0. The van der Waals surface area contributed by atoms with Crippen molar-refractivity contribution >= 4 is 5.69 Å². The first-order valence-electron chi connectivity index (χ1n) is 6.29. The largest absolute Gasteiger partial charge is 0.399 e. The van der Waals surface area contributed by atoms with E-state index in [1.165, 1.54) is 36.0 Å². The average Bonchev–Trinajstić information content (AvgIpc) is 2.28. The van der Waals surface area contributed by atoms with Crippen molar-refractivity contribution in [3.63, 3.8) is 0 Å². The van der Waals surface area contributed by atoms with Gasteiger partial charge in [0.15, 0.2) is 0 Å². The molecule has 3 rings (SSSR count). The molecule has 0 bridgehead atoms. The highest BCUT2D eigenvalue weighted by molar-refractivity contribution is 5.66. The zero-order valence-corrected chi connectivity index (χ0v) is 9.89. The fourth-order valence-electron chi connectivity index (χ4n) is 2.39. The lowest BCUT2D eigenvalue weighted by molar-refractivity contribution is 0.420. The first kappa shape index (κ1) is 10.4. The van der Waals surface area contributed by atoms with Gasteiger partial charge in [-0.05, 0) is 47.6 Å². The molecule has 0 unspecified atom stereocenters. The van der Waals surface area contributed by atoms with Crippen molar-refractivity contribution in [3.8, 4) is 11.1 Å². The molecule has 0 spiro atoms. The molecular weight excluding hydrogens is 206 g/mol. The van der Waals surface area contributed by atoms with Crippen molar-refractivity contribution in [3.05, 3.63) is 54.1 Å². The molecule has 1 fully saturated rings. The Labute approximate surface area is 102 Å². The van der Waals surface area contributed by atoms with E-state index in [4.69, 9.17) is 5.73 Å². The molecule has 17 heavy (non-hydrogen) atoms. The van der Waals surface area contributed by atoms with Gasteiger partial charge < -0.3 is 5.73 Å². The molecule has 0 saturated heterocycles. The maximum atomic E-state index is 5.71. The summed E-state index contributed by atoms with van der Waals surface area (Å²) in [6, 6.07) is 17.0. The molecular formula is C16H17N. The zero-order valence-electron chi connectivity index (χ0n) is 9.89. The average molecular weight is 223 g/mol. The van der Waals surface area contributed by atoms with Crippen LogP contribution >= 0.6 is 0 Å². The van der Waals surface area contributed by atoms with Crippen LogP contribution in [-0.2, 0) is 0 Å². The highest BCUT2D eigenvalue weighted by Gasteiger charge is 2.19. The fraction of sp³-hybridized carbons (Fsp3) is 0.250. The van der Waals surface area contributed by atoms with Gasteiger partial charge >= 0.3 is 0 Å². The third-order valence-electron chi connectivity index (χ3n) is 3.71. The number of hydrogen-bond acceptors (Lipinski definition) is 1. The molecule has 2 N–H and O–H groups in total. The van der Waals surface area contributed by atoms with Gasteiger partial charge in [-0.2, -0.15) is 0 Å². The van der Waals surface area contributed by atoms with Crippen LogP contribution in [0.1, 0.15) is 30.7 Å². The summed E-state index contributed by atoms with van der Waals surface area (Å²) < 4.78 is 0. The molecule has 0 amide bonds. The molecule has 2 aromatic carbocycles. The Balaban J connectivity index is 1.94. The first-order valence-corrected chi connectivity index (χ1v) is 6.29. The minimum atomic E-state index is 0.795. The lowest BCUT2D eigenvalue weighted by Gasteiger charge is -2.26. The smallest absolute Gasteiger partial charge is 0.0314 e. The molecule has 0 radical (unpaired) electrons. The summed E-state index contributed by atoms with van der Waals surface area (Å²) in [6.45, 7) is 0. The molecule has 1 nitrogen and oxygen atoms in total. The number of nitrogen functional groups attached to an aromatic ring is 1. The van der Waals surface area contributed by atoms with Crippen LogP contribution in [0.15, 0.2) is 48.5 Å². The predicted molar refractivity (Wildman–Crippen MR) is 72.9 cm³/mol. The van der Waals surface area contributed by atoms with E-state index < -0.39 is 0 Å². The van der Waals surface area contributed by atoms with Crippen LogP contribution in [0.3, 0.4) is 0 Å². The van der Waals surface area contributed by atoms with E-state index in [-0.39, 0.29) is 0 Å². The van der Waals surface area contributed by atoms with Gasteiger partial charge in [0.25, 0.3) is 0 Å². The standard InChI is InChI=1S/C16H17N/c17-16-9-7-13(8-10-16)15-6-2-5-14(11-15)12-3-1-4-12/h2,5-12H,1,3-4,17H2. The quantitative estimate of drug-likeness (QED) is 0.758. The molecule has 0 heterocycles. The van der Waals surface area contributed by atoms with Crippen LogP contribution < -0.4 is 5.73 Å². The molecule has 1 saturated carbocycles. The van der Waals surface area contributed by atoms with Gasteiger partial charge in [-0.25, -0.2) is 0 Å². The molecule has 0 aliphatic heterocycles. The Hall–Kier alpha value is -1.76. The number of nitrogens with two attached hydrogens (primary N) is 1. The number of rotatable bonds is 2. The van der Waals surface area contributed by atoms with E-state index in [1.54, 1.807) is 0 Å². The molecule has 1 aliphatic rings. The molecule has 1 heteroatoms. The van der Waals surface area contributed by atoms with Crippen molar-refractivity contribution in [2.24, 2.45) is 0 Å².